The molecule has 0 aliphatic carbocycles. The predicted molar refractivity (Wildman–Crippen MR) is 136 cm³/mol. The van der Waals surface area contributed by atoms with Crippen LogP contribution in [0.1, 0.15) is 34.5 Å². The number of halogens is 1. The second-order valence-electron chi connectivity index (χ2n) is 9.49. The van der Waals surface area contributed by atoms with Gasteiger partial charge >= 0.3 is 0 Å². The summed E-state index contributed by atoms with van der Waals surface area (Å²) < 4.78 is 19.8. The van der Waals surface area contributed by atoms with Gasteiger partial charge in [0.2, 0.25) is 5.88 Å². The molecule has 1 fully saturated rings. The maximum atomic E-state index is 14.5. The van der Waals surface area contributed by atoms with Gasteiger partial charge in [0.1, 0.15) is 11.3 Å². The number of nitrogens with one attached hydrogen (secondary N) is 4. The zero-order chi connectivity index (χ0) is 24.9. The van der Waals surface area contributed by atoms with E-state index in [9.17, 15) is 9.18 Å². The molecule has 0 bridgehead atoms. The van der Waals surface area contributed by atoms with Crippen LogP contribution in [0.5, 0.6) is 5.88 Å². The van der Waals surface area contributed by atoms with Crippen LogP contribution in [0.25, 0.3) is 22.3 Å². The number of anilines is 2. The van der Waals surface area contributed by atoms with Gasteiger partial charge in [-0.3, -0.25) is 9.78 Å². The minimum absolute atomic E-state index is 0.163. The van der Waals surface area contributed by atoms with Crippen molar-refractivity contribution in [3.05, 3.63) is 65.2 Å². The molecule has 6 rings (SSSR count). The van der Waals surface area contributed by atoms with Gasteiger partial charge in [-0.15, -0.1) is 0 Å². The first kappa shape index (κ1) is 22.5. The maximum absolute atomic E-state index is 14.5. The molecule has 9 heteroatoms. The Bertz CT molecular complexity index is 1490. The summed E-state index contributed by atoms with van der Waals surface area (Å²) in [5.74, 6) is -0.0116. The van der Waals surface area contributed by atoms with E-state index < -0.39 is 0 Å². The van der Waals surface area contributed by atoms with E-state index in [0.717, 1.165) is 37.2 Å². The lowest BCUT2D eigenvalue weighted by molar-refractivity contribution is 0.0916. The molecule has 3 aromatic heterocycles. The summed E-state index contributed by atoms with van der Waals surface area (Å²) in [6.45, 7) is 3.97. The van der Waals surface area contributed by atoms with Gasteiger partial charge in [0.05, 0.1) is 29.6 Å². The molecule has 5 heterocycles. The summed E-state index contributed by atoms with van der Waals surface area (Å²) in [5.41, 5.74) is 5.67. The summed E-state index contributed by atoms with van der Waals surface area (Å²) in [5, 5.41) is 10.0. The Balaban J connectivity index is 1.63. The summed E-state index contributed by atoms with van der Waals surface area (Å²) >= 11 is 0. The number of pyridine rings is 2. The molecule has 4 aromatic rings. The topological polar surface area (TPSA) is 104 Å². The van der Waals surface area contributed by atoms with Crippen molar-refractivity contribution in [1.82, 2.24) is 25.6 Å². The third-order valence-electron chi connectivity index (χ3n) is 7.38. The number of piperidine rings is 1. The molecule has 1 saturated heterocycles. The number of hydrogen-bond acceptors (Lipinski definition) is 6. The minimum atomic E-state index is -0.316. The maximum Gasteiger partial charge on any atom is 0.255 e. The zero-order valence-corrected chi connectivity index (χ0v) is 20.2. The normalized spacial score (nSPS) is 19.2. The molecule has 2 aliphatic heterocycles. The number of amides is 1. The Labute approximate surface area is 207 Å². The third-order valence-corrected chi connectivity index (χ3v) is 7.38. The van der Waals surface area contributed by atoms with Crippen LogP contribution in [-0.2, 0) is 5.41 Å². The quantitative estimate of drug-likeness (QED) is 0.345. The number of H-pyrrole nitrogens is 1. The van der Waals surface area contributed by atoms with Crippen molar-refractivity contribution in [2.45, 2.75) is 25.2 Å². The lowest BCUT2D eigenvalue weighted by atomic mass is 9.74. The van der Waals surface area contributed by atoms with E-state index in [1.807, 2.05) is 18.2 Å². The molecule has 0 saturated carbocycles. The number of methoxy groups -OCH3 is 1. The van der Waals surface area contributed by atoms with Gasteiger partial charge in [0, 0.05) is 53.3 Å². The van der Waals surface area contributed by atoms with Gasteiger partial charge in [-0.25, -0.2) is 9.37 Å². The van der Waals surface area contributed by atoms with Crippen molar-refractivity contribution in [3.63, 3.8) is 0 Å². The number of carbonyl (C=O) groups excluding carboxylic acids is 1. The summed E-state index contributed by atoms with van der Waals surface area (Å²) in [4.78, 5) is 26.1. The van der Waals surface area contributed by atoms with Crippen LogP contribution in [0.15, 0.2) is 42.6 Å². The van der Waals surface area contributed by atoms with Crippen LogP contribution < -0.4 is 20.7 Å². The van der Waals surface area contributed by atoms with Crippen molar-refractivity contribution in [2.24, 2.45) is 0 Å². The van der Waals surface area contributed by atoms with E-state index in [2.05, 4.69) is 30.9 Å². The highest BCUT2D eigenvalue weighted by Gasteiger charge is 2.44. The molecule has 1 atom stereocenters. The average Bonchev–Trinajstić information content (AvgIpc) is 3.29. The molecule has 1 aromatic carbocycles. The average molecular weight is 487 g/mol. The summed E-state index contributed by atoms with van der Waals surface area (Å²) in [7, 11) is 1.57. The first-order valence-corrected chi connectivity index (χ1v) is 12.1. The van der Waals surface area contributed by atoms with Gasteiger partial charge in [-0.2, -0.15) is 0 Å². The molecule has 184 valence electrons. The van der Waals surface area contributed by atoms with Crippen LogP contribution in [0.2, 0.25) is 0 Å². The summed E-state index contributed by atoms with van der Waals surface area (Å²) in [6, 6.07) is 10.4. The Morgan fingerprint density at radius 1 is 1.17 bits per heavy atom. The van der Waals surface area contributed by atoms with E-state index in [-0.39, 0.29) is 17.1 Å². The standard InChI is InChI=1S/C27H27FN6O2/c1-15-17(28)5-3-6-18(15)32-24-21-25(27(14-31-26(21)35)10-4-11-29-13-27)34-23(24)16-9-12-30-19-7-8-20(36-2)33-22(16)19/h3,5-9,12,29,32,34H,4,10-11,13-14H2,1-2H3,(H,31,35). The van der Waals surface area contributed by atoms with Crippen molar-refractivity contribution < 1.29 is 13.9 Å². The Kier molecular flexibility index (Phi) is 5.37. The number of rotatable bonds is 4. The Morgan fingerprint density at radius 2 is 2.06 bits per heavy atom. The second-order valence-corrected chi connectivity index (χ2v) is 9.49. The highest BCUT2D eigenvalue weighted by atomic mass is 19.1. The minimum Gasteiger partial charge on any atom is -0.481 e. The van der Waals surface area contributed by atoms with E-state index in [1.54, 1.807) is 32.4 Å². The molecule has 1 amide bonds. The molecule has 8 nitrogen and oxygen atoms in total. The fraction of sp³-hybridized carbons (Fsp3) is 0.296. The van der Waals surface area contributed by atoms with E-state index in [0.29, 0.717) is 51.7 Å². The lowest BCUT2D eigenvalue weighted by Crippen LogP contribution is -2.54. The first-order valence-electron chi connectivity index (χ1n) is 12.1. The van der Waals surface area contributed by atoms with Gasteiger partial charge in [0.15, 0.2) is 0 Å². The first-order chi connectivity index (χ1) is 17.5. The van der Waals surface area contributed by atoms with Crippen LogP contribution in [0, 0.1) is 12.7 Å². The Morgan fingerprint density at radius 3 is 2.86 bits per heavy atom. The smallest absolute Gasteiger partial charge is 0.255 e. The molecule has 4 N–H and O–H groups in total. The molecule has 1 unspecified atom stereocenters. The number of ether oxygens (including phenoxy) is 1. The fourth-order valence-electron chi connectivity index (χ4n) is 5.41. The van der Waals surface area contributed by atoms with Crippen LogP contribution in [-0.4, -0.2) is 47.6 Å². The van der Waals surface area contributed by atoms with Gasteiger partial charge in [-0.05, 0) is 50.6 Å². The number of aromatic amines is 1. The monoisotopic (exact) mass is 486 g/mol. The fourth-order valence-corrected chi connectivity index (χ4v) is 5.41. The highest BCUT2D eigenvalue weighted by Crippen LogP contribution is 2.45. The van der Waals surface area contributed by atoms with Crippen molar-refractivity contribution in [1.29, 1.82) is 0 Å². The van der Waals surface area contributed by atoms with Crippen molar-refractivity contribution in [3.8, 4) is 17.1 Å². The SMILES string of the molecule is COc1ccc2nccc(-c3[nH]c4c(c3Nc3cccc(F)c3C)C(=O)NCC43CCCNC3)c2n1. The molecule has 0 radical (unpaired) electrons. The third kappa shape index (κ3) is 3.50. The molecular formula is C27H27FN6O2. The van der Waals surface area contributed by atoms with Crippen molar-refractivity contribution in [2.75, 3.05) is 32.1 Å². The Hall–Kier alpha value is -3.98. The number of carbonyl (C=O) groups is 1. The van der Waals surface area contributed by atoms with Crippen LogP contribution in [0.3, 0.4) is 0 Å². The largest absolute Gasteiger partial charge is 0.481 e. The van der Waals surface area contributed by atoms with Crippen LogP contribution in [0.4, 0.5) is 15.8 Å². The lowest BCUT2D eigenvalue weighted by Gasteiger charge is -2.40. The number of benzene rings is 1. The van der Waals surface area contributed by atoms with E-state index >= 15 is 0 Å². The van der Waals surface area contributed by atoms with Gasteiger partial charge < -0.3 is 25.7 Å². The predicted octanol–water partition coefficient (Wildman–Crippen LogP) is 4.19. The number of fused-ring (bicyclic) bond motifs is 3. The van der Waals surface area contributed by atoms with Gasteiger partial charge in [0.25, 0.3) is 5.91 Å². The molecule has 36 heavy (non-hydrogen) atoms. The van der Waals surface area contributed by atoms with Crippen molar-refractivity contribution >= 4 is 28.3 Å². The number of nitrogens with zero attached hydrogens (tertiary/aromatic N) is 2. The van der Waals surface area contributed by atoms with Crippen LogP contribution >= 0.6 is 0 Å². The number of hydrogen-bond donors (Lipinski definition) is 4. The summed E-state index contributed by atoms with van der Waals surface area (Å²) in [6.07, 6.45) is 3.67. The van der Waals surface area contributed by atoms with Gasteiger partial charge in [-0.1, -0.05) is 6.07 Å². The van der Waals surface area contributed by atoms with E-state index in [1.165, 1.54) is 6.07 Å². The number of aromatic nitrogens is 3. The molecule has 1 spiro atoms. The highest BCUT2D eigenvalue weighted by molar-refractivity contribution is 6.08. The zero-order valence-electron chi connectivity index (χ0n) is 20.2. The second kappa shape index (κ2) is 8.60. The van der Waals surface area contributed by atoms with E-state index in [4.69, 9.17) is 4.74 Å². The molecule has 2 aliphatic rings. The molecular weight excluding hydrogens is 459 g/mol.